The van der Waals surface area contributed by atoms with Crippen LogP contribution in [0.1, 0.15) is 16.1 Å². The minimum absolute atomic E-state index is 0.0639. The van der Waals surface area contributed by atoms with Crippen molar-refractivity contribution < 1.29 is 9.90 Å². The molecule has 21 heavy (non-hydrogen) atoms. The Morgan fingerprint density at radius 3 is 2.90 bits per heavy atom. The van der Waals surface area contributed by atoms with Gasteiger partial charge in [-0.15, -0.1) is 5.10 Å². The number of carboxylic acid groups (broad SMARTS) is 1. The van der Waals surface area contributed by atoms with Crippen molar-refractivity contribution in [2.24, 2.45) is 0 Å². The molecule has 0 aliphatic heterocycles. The van der Waals surface area contributed by atoms with Gasteiger partial charge in [0.25, 0.3) is 0 Å². The van der Waals surface area contributed by atoms with E-state index in [2.05, 4.69) is 16.4 Å². The minimum atomic E-state index is -1.09. The quantitative estimate of drug-likeness (QED) is 0.781. The van der Waals surface area contributed by atoms with E-state index in [1.54, 1.807) is 6.07 Å². The minimum Gasteiger partial charge on any atom is -0.476 e. The molecule has 0 saturated heterocycles. The van der Waals surface area contributed by atoms with Crippen molar-refractivity contribution in [1.82, 2.24) is 19.6 Å². The van der Waals surface area contributed by atoms with E-state index in [1.807, 2.05) is 29.0 Å². The molecule has 0 bridgehead atoms. The molecule has 0 aliphatic rings. The number of hydrogen-bond donors (Lipinski definition) is 1. The summed E-state index contributed by atoms with van der Waals surface area (Å²) in [5.74, 6) is -1.09. The Labute approximate surface area is 119 Å². The SMILES string of the molecule is N#Cc1ccc2c(ccn2CCn2cc(C(=O)O)nn2)c1. The van der Waals surface area contributed by atoms with Crippen LogP contribution in [0.3, 0.4) is 0 Å². The van der Waals surface area contributed by atoms with E-state index < -0.39 is 5.97 Å². The van der Waals surface area contributed by atoms with Crippen molar-refractivity contribution in [1.29, 1.82) is 5.26 Å². The third-order valence-corrected chi connectivity index (χ3v) is 3.23. The summed E-state index contributed by atoms with van der Waals surface area (Å²) in [6, 6.07) is 9.57. The van der Waals surface area contributed by atoms with E-state index in [0.29, 0.717) is 18.7 Å². The number of aromatic nitrogens is 4. The van der Waals surface area contributed by atoms with E-state index in [1.165, 1.54) is 10.9 Å². The molecule has 0 fully saturated rings. The fraction of sp³-hybridized carbons (Fsp3) is 0.143. The van der Waals surface area contributed by atoms with Gasteiger partial charge in [0.2, 0.25) is 0 Å². The molecule has 7 heteroatoms. The van der Waals surface area contributed by atoms with Crippen LogP contribution in [-0.2, 0) is 13.1 Å². The lowest BCUT2D eigenvalue weighted by molar-refractivity contribution is 0.0690. The van der Waals surface area contributed by atoms with Gasteiger partial charge < -0.3 is 9.67 Å². The fourth-order valence-electron chi connectivity index (χ4n) is 2.18. The number of nitrogens with zero attached hydrogens (tertiary/aromatic N) is 5. The Bertz CT molecular complexity index is 856. The van der Waals surface area contributed by atoms with E-state index in [-0.39, 0.29) is 5.69 Å². The molecule has 0 spiro atoms. The first kappa shape index (κ1) is 12.9. The van der Waals surface area contributed by atoms with E-state index >= 15 is 0 Å². The summed E-state index contributed by atoms with van der Waals surface area (Å²) in [7, 11) is 0. The first-order chi connectivity index (χ1) is 10.2. The van der Waals surface area contributed by atoms with Crippen LogP contribution in [0.2, 0.25) is 0 Å². The third-order valence-electron chi connectivity index (χ3n) is 3.23. The molecule has 2 aromatic heterocycles. The number of aromatic carboxylic acids is 1. The van der Waals surface area contributed by atoms with Crippen molar-refractivity contribution in [3.63, 3.8) is 0 Å². The predicted octanol–water partition coefficient (Wildman–Crippen LogP) is 1.50. The van der Waals surface area contributed by atoms with Crippen LogP contribution in [0.25, 0.3) is 10.9 Å². The summed E-state index contributed by atoms with van der Waals surface area (Å²) in [4.78, 5) is 10.7. The Morgan fingerprint density at radius 1 is 1.33 bits per heavy atom. The van der Waals surface area contributed by atoms with Crippen molar-refractivity contribution in [3.8, 4) is 6.07 Å². The molecule has 0 atom stereocenters. The Hall–Kier alpha value is -3.14. The number of nitriles is 1. The Kier molecular flexibility index (Phi) is 3.12. The molecule has 3 rings (SSSR count). The second-order valence-electron chi connectivity index (χ2n) is 4.57. The van der Waals surface area contributed by atoms with Crippen molar-refractivity contribution >= 4 is 16.9 Å². The first-order valence-corrected chi connectivity index (χ1v) is 6.30. The van der Waals surface area contributed by atoms with Crippen LogP contribution in [0.15, 0.2) is 36.7 Å². The average Bonchev–Trinajstić information content (AvgIpc) is 3.11. The molecule has 0 unspecified atom stereocenters. The number of rotatable bonds is 4. The first-order valence-electron chi connectivity index (χ1n) is 6.30. The van der Waals surface area contributed by atoms with Gasteiger partial charge >= 0.3 is 5.97 Å². The van der Waals surface area contributed by atoms with E-state index in [0.717, 1.165) is 10.9 Å². The van der Waals surface area contributed by atoms with Gasteiger partial charge in [-0.25, -0.2) is 9.48 Å². The zero-order chi connectivity index (χ0) is 14.8. The van der Waals surface area contributed by atoms with Crippen LogP contribution in [0.4, 0.5) is 0 Å². The maximum atomic E-state index is 10.7. The molecule has 1 aromatic carbocycles. The van der Waals surface area contributed by atoms with Crippen LogP contribution < -0.4 is 0 Å². The van der Waals surface area contributed by atoms with Gasteiger partial charge in [0.05, 0.1) is 24.4 Å². The maximum Gasteiger partial charge on any atom is 0.358 e. The number of carboxylic acids is 1. The number of hydrogen-bond acceptors (Lipinski definition) is 4. The van der Waals surface area contributed by atoms with Gasteiger partial charge in [0.1, 0.15) is 0 Å². The van der Waals surface area contributed by atoms with Gasteiger partial charge in [0.15, 0.2) is 5.69 Å². The van der Waals surface area contributed by atoms with E-state index in [9.17, 15) is 4.79 Å². The van der Waals surface area contributed by atoms with Crippen molar-refractivity contribution in [3.05, 3.63) is 47.9 Å². The standard InChI is InChI=1S/C14H11N5O2/c15-8-10-1-2-13-11(7-10)3-4-18(13)5-6-19-9-12(14(20)21)16-17-19/h1-4,7,9H,5-6H2,(H,20,21). The van der Waals surface area contributed by atoms with Crippen LogP contribution in [-0.4, -0.2) is 30.6 Å². The second kappa shape index (κ2) is 5.09. The van der Waals surface area contributed by atoms with Gasteiger partial charge in [-0.05, 0) is 24.3 Å². The van der Waals surface area contributed by atoms with Gasteiger partial charge in [0, 0.05) is 23.6 Å². The molecule has 3 aromatic rings. The molecular weight excluding hydrogens is 270 g/mol. The lowest BCUT2D eigenvalue weighted by Crippen LogP contribution is -2.07. The van der Waals surface area contributed by atoms with Crippen LogP contribution in [0, 0.1) is 11.3 Å². The second-order valence-corrected chi connectivity index (χ2v) is 4.57. The molecule has 104 valence electrons. The molecule has 2 heterocycles. The number of aryl methyl sites for hydroxylation is 2. The Morgan fingerprint density at radius 2 is 2.19 bits per heavy atom. The normalized spacial score (nSPS) is 10.6. The van der Waals surface area contributed by atoms with Crippen molar-refractivity contribution in [2.75, 3.05) is 0 Å². The maximum absolute atomic E-state index is 10.7. The summed E-state index contributed by atoms with van der Waals surface area (Å²) in [6.07, 6.45) is 3.34. The molecule has 0 saturated carbocycles. The highest BCUT2D eigenvalue weighted by atomic mass is 16.4. The molecule has 1 N–H and O–H groups in total. The summed E-state index contributed by atoms with van der Waals surface area (Å²) in [5, 5.41) is 26.0. The van der Waals surface area contributed by atoms with Crippen molar-refractivity contribution in [2.45, 2.75) is 13.1 Å². The predicted molar refractivity (Wildman–Crippen MR) is 73.6 cm³/mol. The fourth-order valence-corrected chi connectivity index (χ4v) is 2.18. The monoisotopic (exact) mass is 281 g/mol. The molecule has 0 radical (unpaired) electrons. The molecule has 0 aliphatic carbocycles. The number of fused-ring (bicyclic) bond motifs is 1. The summed E-state index contributed by atoms with van der Waals surface area (Å²) < 4.78 is 3.53. The van der Waals surface area contributed by atoms with Gasteiger partial charge in [-0.3, -0.25) is 0 Å². The van der Waals surface area contributed by atoms with E-state index in [4.69, 9.17) is 10.4 Å². The smallest absolute Gasteiger partial charge is 0.358 e. The zero-order valence-corrected chi connectivity index (χ0v) is 11.0. The molecule has 0 amide bonds. The lowest BCUT2D eigenvalue weighted by Gasteiger charge is -2.05. The van der Waals surface area contributed by atoms with Gasteiger partial charge in [-0.1, -0.05) is 5.21 Å². The summed E-state index contributed by atoms with van der Waals surface area (Å²) in [6.45, 7) is 1.15. The highest BCUT2D eigenvalue weighted by Crippen LogP contribution is 2.17. The lowest BCUT2D eigenvalue weighted by atomic mass is 10.2. The topological polar surface area (TPSA) is 96.7 Å². The average molecular weight is 281 g/mol. The number of benzene rings is 1. The summed E-state index contributed by atoms with van der Waals surface area (Å²) >= 11 is 0. The Balaban J connectivity index is 1.79. The highest BCUT2D eigenvalue weighted by molar-refractivity contribution is 5.84. The molecular formula is C14H11N5O2. The van der Waals surface area contributed by atoms with Crippen LogP contribution >= 0.6 is 0 Å². The van der Waals surface area contributed by atoms with Gasteiger partial charge in [-0.2, -0.15) is 5.26 Å². The third kappa shape index (κ3) is 2.47. The van der Waals surface area contributed by atoms with Crippen LogP contribution in [0.5, 0.6) is 0 Å². The summed E-state index contributed by atoms with van der Waals surface area (Å²) in [5.41, 5.74) is 1.58. The largest absolute Gasteiger partial charge is 0.476 e. The molecule has 7 nitrogen and oxygen atoms in total. The highest BCUT2D eigenvalue weighted by Gasteiger charge is 2.08. The zero-order valence-electron chi connectivity index (χ0n) is 11.0. The number of carbonyl (C=O) groups is 1.